The summed E-state index contributed by atoms with van der Waals surface area (Å²) in [6.07, 6.45) is 0. The van der Waals surface area contributed by atoms with Gasteiger partial charge in [0.15, 0.2) is 0 Å². The summed E-state index contributed by atoms with van der Waals surface area (Å²) in [5, 5.41) is 10.2. The minimum atomic E-state index is -0.878. The van der Waals surface area contributed by atoms with Gasteiger partial charge in [0.25, 0.3) is 5.56 Å². The molecule has 2 N–H and O–H groups in total. The third-order valence-corrected chi connectivity index (χ3v) is 1.34. The van der Waals surface area contributed by atoms with Crippen molar-refractivity contribution in [3.63, 3.8) is 0 Å². The minimum absolute atomic E-state index is 0.111. The number of aromatic nitrogens is 2. The first-order valence-corrected chi connectivity index (χ1v) is 3.00. The van der Waals surface area contributed by atoms with Gasteiger partial charge in [0.2, 0.25) is 0 Å². The summed E-state index contributed by atoms with van der Waals surface area (Å²) in [4.78, 5) is 34.5. The first-order chi connectivity index (χ1) is 5.52. The van der Waals surface area contributed by atoms with Crippen molar-refractivity contribution in [1.82, 2.24) is 9.97 Å². The molecular weight excluding hydrogens is 166 g/mol. The zero-order valence-corrected chi connectivity index (χ0v) is 6.08. The van der Waals surface area contributed by atoms with Crippen molar-refractivity contribution in [3.05, 3.63) is 36.5 Å². The van der Waals surface area contributed by atoms with E-state index in [4.69, 9.17) is 0 Å². The molecule has 0 amide bonds. The molecule has 1 aromatic rings. The van der Waals surface area contributed by atoms with Crippen LogP contribution in [-0.4, -0.2) is 14.9 Å². The molecule has 0 fully saturated rings. The van der Waals surface area contributed by atoms with Gasteiger partial charge in [0.1, 0.15) is 5.56 Å². The fourth-order valence-corrected chi connectivity index (χ4v) is 0.720. The molecule has 12 heavy (non-hydrogen) atoms. The summed E-state index contributed by atoms with van der Waals surface area (Å²) in [5.74, 6) is -0.566. The second-order valence-corrected chi connectivity index (χ2v) is 2.14. The minimum Gasteiger partial charge on any atom is -0.358 e. The summed E-state index contributed by atoms with van der Waals surface area (Å²) >= 11 is 0. The second kappa shape index (κ2) is 2.61. The molecule has 0 aromatic carbocycles. The lowest BCUT2D eigenvalue weighted by atomic mass is 10.3. The van der Waals surface area contributed by atoms with Gasteiger partial charge < -0.3 is 10.1 Å². The molecule has 1 rings (SSSR count). The number of H-pyrrole nitrogens is 2. The van der Waals surface area contributed by atoms with Crippen LogP contribution in [0.3, 0.4) is 0 Å². The van der Waals surface area contributed by atoms with Gasteiger partial charge in [-0.3, -0.25) is 9.78 Å². The number of nitrogens with one attached hydrogen (secondary N) is 2. The van der Waals surface area contributed by atoms with E-state index in [1.807, 2.05) is 9.97 Å². The van der Waals surface area contributed by atoms with E-state index < -0.39 is 22.0 Å². The Morgan fingerprint density at radius 3 is 2.42 bits per heavy atom. The van der Waals surface area contributed by atoms with E-state index in [1.54, 1.807) is 0 Å². The Morgan fingerprint density at radius 2 is 1.92 bits per heavy atom. The van der Waals surface area contributed by atoms with Gasteiger partial charge in [0, 0.05) is 0 Å². The highest BCUT2D eigenvalue weighted by molar-refractivity contribution is 5.26. The van der Waals surface area contributed by atoms with Gasteiger partial charge >= 0.3 is 11.5 Å². The van der Waals surface area contributed by atoms with E-state index in [0.717, 1.165) is 0 Å². The average Bonchev–Trinajstić information content (AvgIpc) is 1.96. The van der Waals surface area contributed by atoms with Crippen LogP contribution in [0.2, 0.25) is 0 Å². The highest BCUT2D eigenvalue weighted by Gasteiger charge is 2.12. The third-order valence-electron chi connectivity index (χ3n) is 1.34. The number of rotatable bonds is 1. The number of hydrogen-bond donors (Lipinski definition) is 2. The van der Waals surface area contributed by atoms with Crippen molar-refractivity contribution in [2.24, 2.45) is 0 Å². The summed E-state index contributed by atoms with van der Waals surface area (Å²) in [5.41, 5.74) is -1.73. The van der Waals surface area contributed by atoms with Crippen LogP contribution >= 0.6 is 0 Å². The highest BCUT2D eigenvalue weighted by atomic mass is 16.6. The molecule has 0 saturated carbocycles. The number of hydrogen-bond acceptors (Lipinski definition) is 4. The Hall–Kier alpha value is -1.92. The molecule has 0 radical (unpaired) electrons. The Bertz CT molecular complexity index is 429. The Morgan fingerprint density at radius 1 is 1.33 bits per heavy atom. The van der Waals surface area contributed by atoms with Gasteiger partial charge in [-0.25, -0.2) is 4.79 Å². The van der Waals surface area contributed by atoms with E-state index in [2.05, 4.69) is 0 Å². The van der Waals surface area contributed by atoms with E-state index in [9.17, 15) is 19.7 Å². The Kier molecular flexibility index (Phi) is 1.78. The van der Waals surface area contributed by atoms with Crippen molar-refractivity contribution in [2.45, 2.75) is 6.92 Å². The largest absolute Gasteiger partial charge is 0.413 e. The molecular formula is C5H5N3O4. The Balaban J connectivity index is 3.59. The van der Waals surface area contributed by atoms with Gasteiger partial charge in [-0.05, 0) is 11.8 Å². The quantitative estimate of drug-likeness (QED) is 0.429. The Labute approximate surface area is 65.2 Å². The summed E-state index contributed by atoms with van der Waals surface area (Å²) < 4.78 is 0. The molecule has 7 heteroatoms. The highest BCUT2D eigenvalue weighted by Crippen LogP contribution is 2.04. The zero-order chi connectivity index (χ0) is 9.30. The summed E-state index contributed by atoms with van der Waals surface area (Å²) in [6, 6.07) is 0. The standard InChI is InChI=1S/C5H5N3O4/c1-2-3(8(11)12)6-5(10)7-4(2)9/h1H3,(H2,6,7,9,10). The lowest BCUT2D eigenvalue weighted by Gasteiger charge is -1.94. The lowest BCUT2D eigenvalue weighted by Crippen LogP contribution is -2.25. The van der Waals surface area contributed by atoms with Gasteiger partial charge in [0.05, 0.1) is 0 Å². The van der Waals surface area contributed by atoms with Crippen molar-refractivity contribution < 1.29 is 4.92 Å². The molecule has 0 unspecified atom stereocenters. The monoisotopic (exact) mass is 171 g/mol. The van der Waals surface area contributed by atoms with Crippen LogP contribution in [0.15, 0.2) is 9.59 Å². The maximum atomic E-state index is 10.8. The van der Waals surface area contributed by atoms with Crippen molar-refractivity contribution in [1.29, 1.82) is 0 Å². The fraction of sp³-hybridized carbons (Fsp3) is 0.200. The number of nitrogens with zero attached hydrogens (tertiary/aromatic N) is 1. The fourth-order valence-electron chi connectivity index (χ4n) is 0.720. The molecule has 0 aliphatic rings. The van der Waals surface area contributed by atoms with Crippen LogP contribution in [0.1, 0.15) is 5.56 Å². The topological polar surface area (TPSA) is 109 Å². The first kappa shape index (κ1) is 8.18. The summed E-state index contributed by atoms with van der Waals surface area (Å²) in [7, 11) is 0. The maximum Gasteiger partial charge on any atom is 0.413 e. The predicted octanol–water partition coefficient (Wildman–Crippen LogP) is -0.720. The third kappa shape index (κ3) is 1.24. The predicted molar refractivity (Wildman–Crippen MR) is 39.1 cm³/mol. The number of nitro groups is 1. The van der Waals surface area contributed by atoms with Gasteiger partial charge in [-0.2, -0.15) is 4.98 Å². The van der Waals surface area contributed by atoms with Crippen LogP contribution < -0.4 is 11.2 Å². The number of aromatic amines is 2. The van der Waals surface area contributed by atoms with Crippen molar-refractivity contribution >= 4 is 5.82 Å². The van der Waals surface area contributed by atoms with E-state index in [1.165, 1.54) is 6.92 Å². The molecule has 0 atom stereocenters. The van der Waals surface area contributed by atoms with Crippen LogP contribution in [0.5, 0.6) is 0 Å². The SMILES string of the molecule is Cc1c([N+](=O)[O-])[nH]c(=O)[nH]c1=O. The average molecular weight is 171 g/mol. The molecule has 0 aliphatic carbocycles. The molecule has 1 heterocycles. The van der Waals surface area contributed by atoms with Crippen LogP contribution in [0.4, 0.5) is 5.82 Å². The maximum absolute atomic E-state index is 10.8. The van der Waals surface area contributed by atoms with Crippen LogP contribution in [0, 0.1) is 17.0 Å². The first-order valence-electron chi connectivity index (χ1n) is 3.00. The van der Waals surface area contributed by atoms with Crippen molar-refractivity contribution in [3.8, 4) is 0 Å². The molecule has 64 valence electrons. The molecule has 7 nitrogen and oxygen atoms in total. The van der Waals surface area contributed by atoms with E-state index >= 15 is 0 Å². The second-order valence-electron chi connectivity index (χ2n) is 2.14. The molecule has 0 saturated heterocycles. The zero-order valence-electron chi connectivity index (χ0n) is 6.08. The molecule has 0 aliphatic heterocycles. The van der Waals surface area contributed by atoms with Gasteiger partial charge in [-0.1, -0.05) is 0 Å². The molecule has 1 aromatic heterocycles. The van der Waals surface area contributed by atoms with Crippen LogP contribution in [-0.2, 0) is 0 Å². The van der Waals surface area contributed by atoms with E-state index in [-0.39, 0.29) is 5.56 Å². The van der Waals surface area contributed by atoms with Crippen LogP contribution in [0.25, 0.3) is 0 Å². The smallest absolute Gasteiger partial charge is 0.358 e. The molecule has 0 bridgehead atoms. The van der Waals surface area contributed by atoms with Crippen molar-refractivity contribution in [2.75, 3.05) is 0 Å². The van der Waals surface area contributed by atoms with Gasteiger partial charge in [-0.15, -0.1) is 0 Å². The molecule has 0 spiro atoms. The summed E-state index contributed by atoms with van der Waals surface area (Å²) in [6.45, 7) is 1.26. The normalized spacial score (nSPS) is 9.75. The van der Waals surface area contributed by atoms with E-state index in [0.29, 0.717) is 0 Å². The lowest BCUT2D eigenvalue weighted by molar-refractivity contribution is -0.390.